The number of carboxylic acid groups (broad SMARTS) is 1. The van der Waals surface area contributed by atoms with Gasteiger partial charge in [0.2, 0.25) is 0 Å². The number of allylic oxidation sites excluding steroid dienone is 19. The van der Waals surface area contributed by atoms with Crippen LogP contribution in [0.5, 0.6) is 0 Å². The SMILES string of the molecule is CC/C=C/C/C=C/C/C=C/C/C=C/C/C=C/C/C=C/C/C=C/CCCC(=O)OC(COCCC(C(=O)O)[N+](C)(C)C)COC(=O)C/C=C/C/C=C/C/C=C/CC. The van der Waals surface area contributed by atoms with E-state index >= 15 is 0 Å². The van der Waals surface area contributed by atoms with Gasteiger partial charge in [0, 0.05) is 12.8 Å². The lowest BCUT2D eigenvalue weighted by Gasteiger charge is -2.31. The molecule has 0 bridgehead atoms. The van der Waals surface area contributed by atoms with Gasteiger partial charge in [-0.2, -0.15) is 0 Å². The van der Waals surface area contributed by atoms with Gasteiger partial charge in [-0.3, -0.25) is 9.59 Å². The third-order valence-corrected chi connectivity index (χ3v) is 8.14. The fourth-order valence-electron chi connectivity index (χ4n) is 5.02. The Morgan fingerprint density at radius 3 is 1.38 bits per heavy atom. The summed E-state index contributed by atoms with van der Waals surface area (Å²) in [6.45, 7) is 4.28. The van der Waals surface area contributed by atoms with Crippen LogP contribution in [0.2, 0.25) is 0 Å². The van der Waals surface area contributed by atoms with Gasteiger partial charge in [-0.1, -0.05) is 135 Å². The lowest BCUT2D eigenvalue weighted by Crippen LogP contribution is -2.50. The summed E-state index contributed by atoms with van der Waals surface area (Å²) < 4.78 is 17.0. The fraction of sp³-hybridized carbons (Fsp3) is 0.521. The number of likely N-dealkylation sites (N-methyl/N-ethyl adjacent to an activating group) is 1. The third kappa shape index (κ3) is 35.4. The molecule has 56 heavy (non-hydrogen) atoms. The Morgan fingerprint density at radius 2 is 0.964 bits per heavy atom. The summed E-state index contributed by atoms with van der Waals surface area (Å²) in [7, 11) is 5.46. The van der Waals surface area contributed by atoms with Gasteiger partial charge < -0.3 is 23.8 Å². The quantitative estimate of drug-likeness (QED) is 0.0301. The number of rotatable bonds is 34. The maximum absolute atomic E-state index is 12.7. The number of carboxylic acids is 1. The molecular formula is C48H74NO7+. The average molecular weight is 777 g/mol. The maximum Gasteiger partial charge on any atom is 0.362 e. The first-order chi connectivity index (χ1) is 27.1. The number of unbranched alkanes of at least 4 members (excludes halogenated alkanes) is 1. The summed E-state index contributed by atoms with van der Waals surface area (Å²) in [4.78, 5) is 36.7. The van der Waals surface area contributed by atoms with E-state index in [4.69, 9.17) is 14.2 Å². The molecule has 0 aliphatic rings. The Labute approximate surface area is 340 Å². The summed E-state index contributed by atoms with van der Waals surface area (Å²) in [5.74, 6) is -1.72. The highest BCUT2D eigenvalue weighted by Gasteiger charge is 2.31. The van der Waals surface area contributed by atoms with Crippen LogP contribution in [0.1, 0.15) is 110 Å². The molecule has 2 atom stereocenters. The number of nitrogens with zero attached hydrogens (tertiary/aromatic N) is 1. The molecule has 0 fully saturated rings. The second kappa shape index (κ2) is 37.6. The topological polar surface area (TPSA) is 99.1 Å². The Kier molecular flexibility index (Phi) is 34.8. The molecule has 312 valence electrons. The van der Waals surface area contributed by atoms with Gasteiger partial charge in [-0.25, -0.2) is 4.79 Å². The molecule has 8 nitrogen and oxygen atoms in total. The van der Waals surface area contributed by atoms with Crippen LogP contribution in [0.25, 0.3) is 0 Å². The largest absolute Gasteiger partial charge is 0.477 e. The number of hydrogen-bond acceptors (Lipinski definition) is 6. The minimum atomic E-state index is -0.902. The minimum absolute atomic E-state index is 0.00146. The molecule has 0 aliphatic carbocycles. The highest BCUT2D eigenvalue weighted by Crippen LogP contribution is 2.10. The Hall–Kier alpha value is -4.27. The van der Waals surface area contributed by atoms with Crippen LogP contribution in [0.15, 0.2) is 122 Å². The molecule has 0 radical (unpaired) electrons. The smallest absolute Gasteiger partial charge is 0.362 e. The third-order valence-electron chi connectivity index (χ3n) is 8.14. The monoisotopic (exact) mass is 777 g/mol. The van der Waals surface area contributed by atoms with E-state index in [1.165, 1.54) is 0 Å². The van der Waals surface area contributed by atoms with Crippen LogP contribution in [-0.4, -0.2) is 80.6 Å². The highest BCUT2D eigenvalue weighted by molar-refractivity contribution is 5.72. The normalized spacial score (nSPS) is 14.2. The van der Waals surface area contributed by atoms with Crippen molar-refractivity contribution in [3.63, 3.8) is 0 Å². The second-order valence-corrected chi connectivity index (χ2v) is 14.1. The second-order valence-electron chi connectivity index (χ2n) is 14.1. The first-order valence-corrected chi connectivity index (χ1v) is 20.6. The fourth-order valence-corrected chi connectivity index (χ4v) is 5.02. The zero-order chi connectivity index (χ0) is 41.4. The van der Waals surface area contributed by atoms with E-state index in [9.17, 15) is 19.5 Å². The van der Waals surface area contributed by atoms with Gasteiger partial charge in [0.1, 0.15) is 6.61 Å². The molecule has 0 aromatic carbocycles. The zero-order valence-electron chi connectivity index (χ0n) is 35.3. The van der Waals surface area contributed by atoms with Crippen LogP contribution in [0.3, 0.4) is 0 Å². The number of ether oxygens (including phenoxy) is 3. The van der Waals surface area contributed by atoms with Gasteiger partial charge in [0.15, 0.2) is 12.1 Å². The number of aliphatic carboxylic acids is 1. The van der Waals surface area contributed by atoms with Crippen molar-refractivity contribution in [2.75, 3.05) is 41.0 Å². The average Bonchev–Trinajstić information content (AvgIpc) is 3.15. The molecule has 0 aromatic rings. The zero-order valence-corrected chi connectivity index (χ0v) is 35.3. The predicted molar refractivity (Wildman–Crippen MR) is 233 cm³/mol. The molecular weight excluding hydrogens is 703 g/mol. The number of quaternary nitrogens is 1. The molecule has 0 heterocycles. The standard InChI is InChI=1S/C48H73NO7/c1-6-8-10-12-14-16-17-18-19-20-21-22-23-24-25-26-27-28-29-31-33-35-37-39-47(51)56-44(42-54-41-40-45(48(52)53)49(3,4)5)43-55-46(50)38-36-34-32-30-15-13-11-9-7-2/h8-11,14-16,18-19,21-22,24-25,27-28,30-31,33-34,36,44-45H,6-7,12-13,17,20,23,26,29,32,35,37-43H2,1-5H3/p+1/b10-8+,11-9+,16-14+,19-18+,22-21+,25-24+,28-27+,30-15+,33-31+,36-34+. The minimum Gasteiger partial charge on any atom is -0.477 e. The van der Waals surface area contributed by atoms with E-state index < -0.39 is 30.1 Å². The summed E-state index contributed by atoms with van der Waals surface area (Å²) in [6.07, 6.45) is 53.0. The van der Waals surface area contributed by atoms with Crippen molar-refractivity contribution in [2.24, 2.45) is 0 Å². The molecule has 0 aliphatic heterocycles. The van der Waals surface area contributed by atoms with Gasteiger partial charge in [0.25, 0.3) is 0 Å². The first-order valence-electron chi connectivity index (χ1n) is 20.6. The lowest BCUT2D eigenvalue weighted by atomic mass is 10.1. The van der Waals surface area contributed by atoms with E-state index in [1.54, 1.807) is 6.08 Å². The Bertz CT molecular complexity index is 1320. The van der Waals surface area contributed by atoms with Crippen LogP contribution in [0.4, 0.5) is 0 Å². The molecule has 0 spiro atoms. The van der Waals surface area contributed by atoms with Crippen LogP contribution in [-0.2, 0) is 28.6 Å². The number of hydrogen-bond donors (Lipinski definition) is 1. The molecule has 2 unspecified atom stereocenters. The van der Waals surface area contributed by atoms with Crippen molar-refractivity contribution >= 4 is 17.9 Å². The van der Waals surface area contributed by atoms with Crippen LogP contribution < -0.4 is 0 Å². The van der Waals surface area contributed by atoms with Gasteiger partial charge in [-0.05, 0) is 77.0 Å². The van der Waals surface area contributed by atoms with Crippen LogP contribution in [0, 0.1) is 0 Å². The van der Waals surface area contributed by atoms with Crippen molar-refractivity contribution in [2.45, 2.75) is 122 Å². The van der Waals surface area contributed by atoms with E-state index in [-0.39, 0.29) is 37.1 Å². The number of esters is 2. The van der Waals surface area contributed by atoms with E-state index in [1.807, 2.05) is 33.3 Å². The van der Waals surface area contributed by atoms with E-state index in [2.05, 4.69) is 117 Å². The van der Waals surface area contributed by atoms with E-state index in [0.29, 0.717) is 12.8 Å². The van der Waals surface area contributed by atoms with Crippen molar-refractivity contribution in [3.8, 4) is 0 Å². The molecule has 0 saturated carbocycles. The lowest BCUT2D eigenvalue weighted by molar-refractivity contribution is -0.887. The van der Waals surface area contributed by atoms with Crippen molar-refractivity contribution in [3.05, 3.63) is 122 Å². The van der Waals surface area contributed by atoms with Gasteiger partial charge in [0.05, 0.1) is 40.8 Å². The summed E-state index contributed by atoms with van der Waals surface area (Å²) in [5.41, 5.74) is 0. The molecule has 0 saturated heterocycles. The molecule has 1 N–H and O–H groups in total. The van der Waals surface area contributed by atoms with Crippen LogP contribution >= 0.6 is 0 Å². The maximum atomic E-state index is 12.7. The molecule has 0 rings (SSSR count). The summed E-state index contributed by atoms with van der Waals surface area (Å²) in [5, 5.41) is 9.59. The van der Waals surface area contributed by atoms with Crippen molar-refractivity contribution in [1.29, 1.82) is 0 Å². The number of carbonyl (C=O) groups excluding carboxylic acids is 2. The number of carbonyl (C=O) groups is 3. The molecule has 0 amide bonds. The predicted octanol–water partition coefficient (Wildman–Crippen LogP) is 11.1. The summed E-state index contributed by atoms with van der Waals surface area (Å²) >= 11 is 0. The molecule has 8 heteroatoms. The van der Waals surface area contributed by atoms with Gasteiger partial charge in [-0.15, -0.1) is 0 Å². The Morgan fingerprint density at radius 1 is 0.554 bits per heavy atom. The van der Waals surface area contributed by atoms with Gasteiger partial charge >= 0.3 is 17.9 Å². The summed E-state index contributed by atoms with van der Waals surface area (Å²) in [6, 6.07) is -0.643. The van der Waals surface area contributed by atoms with Crippen molar-refractivity contribution in [1.82, 2.24) is 0 Å². The van der Waals surface area contributed by atoms with E-state index in [0.717, 1.165) is 70.6 Å². The molecule has 0 aromatic heterocycles. The Balaban J connectivity index is 4.52. The highest BCUT2D eigenvalue weighted by atomic mass is 16.6. The van der Waals surface area contributed by atoms with Crippen molar-refractivity contribution < 1.29 is 38.2 Å². The first kappa shape index (κ1) is 51.7.